The predicted octanol–water partition coefficient (Wildman–Crippen LogP) is -0.664. The van der Waals surface area contributed by atoms with Crippen molar-refractivity contribution in [3.8, 4) is 5.75 Å². The van der Waals surface area contributed by atoms with Crippen LogP contribution in [0, 0.1) is 0 Å². The molecular formula is C37H52N6O14. The van der Waals surface area contributed by atoms with Crippen molar-refractivity contribution < 1.29 is 67.9 Å². The Balaban J connectivity index is 1.07. The molecule has 6 rings (SSSR count). The topological polar surface area (TPSA) is 240 Å². The Morgan fingerprint density at radius 1 is 0.930 bits per heavy atom. The van der Waals surface area contributed by atoms with Gasteiger partial charge in [-0.3, -0.25) is 9.36 Å². The van der Waals surface area contributed by atoms with Crippen LogP contribution < -0.4 is 15.0 Å². The fraction of sp³-hybridized carbons (Fsp3) is 0.622. The van der Waals surface area contributed by atoms with Crippen LogP contribution in [0.5, 0.6) is 5.75 Å². The average Bonchev–Trinajstić information content (AvgIpc) is 3.86. The normalized spacial score (nSPS) is 33.8. The number of methoxy groups -OCH3 is 4. The molecule has 2 aromatic heterocycles. The number of imidazole rings is 1. The van der Waals surface area contributed by atoms with Crippen molar-refractivity contribution in [3.05, 3.63) is 48.1 Å². The van der Waals surface area contributed by atoms with Crippen LogP contribution in [0.3, 0.4) is 0 Å². The summed E-state index contributed by atoms with van der Waals surface area (Å²) < 4.78 is 53.8. The summed E-state index contributed by atoms with van der Waals surface area (Å²) in [7, 11) is 9.56. The number of aromatic nitrogens is 4. The maximum Gasteiger partial charge on any atom is 0.247 e. The van der Waals surface area contributed by atoms with E-state index in [1.54, 1.807) is 60.8 Å². The number of rotatable bonds is 15. The van der Waals surface area contributed by atoms with Crippen LogP contribution >= 0.6 is 0 Å². The summed E-state index contributed by atoms with van der Waals surface area (Å²) in [5.41, 5.74) is 1.86. The fourth-order valence-electron chi connectivity index (χ4n) is 7.33. The highest BCUT2D eigenvalue weighted by atomic mass is 16.8. The van der Waals surface area contributed by atoms with Gasteiger partial charge in [-0.25, -0.2) is 15.0 Å². The van der Waals surface area contributed by atoms with Crippen molar-refractivity contribution in [2.75, 3.05) is 54.0 Å². The van der Waals surface area contributed by atoms with Crippen molar-refractivity contribution in [3.63, 3.8) is 0 Å². The highest BCUT2D eigenvalue weighted by molar-refractivity contribution is 5.97. The van der Waals surface area contributed by atoms with Gasteiger partial charge in [0.15, 0.2) is 35.8 Å². The van der Waals surface area contributed by atoms with Crippen LogP contribution in [0.1, 0.15) is 25.6 Å². The molecule has 0 bridgehead atoms. The second kappa shape index (κ2) is 18.4. The molecule has 20 nitrogen and oxygen atoms in total. The number of amides is 1. The van der Waals surface area contributed by atoms with E-state index in [0.717, 1.165) is 0 Å². The van der Waals surface area contributed by atoms with E-state index < -0.39 is 98.6 Å². The van der Waals surface area contributed by atoms with Crippen LogP contribution in [-0.4, -0.2) is 175 Å². The number of nitrogens with zero attached hydrogens (tertiary/aromatic N) is 5. The maximum absolute atomic E-state index is 13.3. The molecule has 0 spiro atoms. The minimum absolute atomic E-state index is 0.302. The van der Waals surface area contributed by atoms with Crippen LogP contribution in [0.15, 0.2) is 42.5 Å². The lowest BCUT2D eigenvalue weighted by Crippen LogP contribution is -2.60. The number of aliphatic hydroxyl groups excluding tert-OH is 4. The molecule has 14 unspecified atom stereocenters. The Labute approximate surface area is 329 Å². The molecule has 3 aromatic rings. The SMILES string of the molecule is COC(OC1OC(C)C(OC)C(OC)C1OC)C1OC(Oc2ccc(C=C(C)C(=O)NC3C(CO)OC(n4cnc5c(N(C)C)ncnc54)C3O)cc2)C(O)C1O. The lowest BCUT2D eigenvalue weighted by molar-refractivity contribution is -0.351. The minimum atomic E-state index is -1.47. The molecule has 3 aliphatic heterocycles. The van der Waals surface area contributed by atoms with E-state index in [9.17, 15) is 25.2 Å². The number of aliphatic hydroxyl groups is 4. The number of hydrogen-bond acceptors (Lipinski definition) is 18. The highest BCUT2D eigenvalue weighted by Gasteiger charge is 2.52. The summed E-state index contributed by atoms with van der Waals surface area (Å²) in [6, 6.07) is 5.63. The Kier molecular flexibility index (Phi) is 13.7. The van der Waals surface area contributed by atoms with Gasteiger partial charge in [0.25, 0.3) is 0 Å². The zero-order chi connectivity index (χ0) is 41.1. The van der Waals surface area contributed by atoms with E-state index in [4.69, 9.17) is 42.6 Å². The van der Waals surface area contributed by atoms with Gasteiger partial charge < -0.3 is 73.3 Å². The number of carbonyl (C=O) groups is 1. The summed E-state index contributed by atoms with van der Waals surface area (Å²) in [5, 5.41) is 46.0. The minimum Gasteiger partial charge on any atom is -0.462 e. The van der Waals surface area contributed by atoms with Gasteiger partial charge in [0.2, 0.25) is 12.2 Å². The fourth-order valence-corrected chi connectivity index (χ4v) is 7.33. The molecule has 5 heterocycles. The van der Waals surface area contributed by atoms with E-state index >= 15 is 0 Å². The number of carbonyl (C=O) groups excluding carboxylic acids is 1. The van der Waals surface area contributed by atoms with Crippen molar-refractivity contribution in [1.29, 1.82) is 0 Å². The predicted molar refractivity (Wildman–Crippen MR) is 199 cm³/mol. The van der Waals surface area contributed by atoms with E-state index in [-0.39, 0.29) is 0 Å². The summed E-state index contributed by atoms with van der Waals surface area (Å²) in [4.78, 5) is 28.1. The number of benzene rings is 1. The number of ether oxygens (including phenoxy) is 9. The molecule has 0 saturated carbocycles. The maximum atomic E-state index is 13.3. The van der Waals surface area contributed by atoms with Gasteiger partial charge >= 0.3 is 0 Å². The van der Waals surface area contributed by atoms with Gasteiger partial charge in [0.1, 0.15) is 60.9 Å². The second-order valence-corrected chi connectivity index (χ2v) is 14.2. The quantitative estimate of drug-likeness (QED) is 0.0946. The van der Waals surface area contributed by atoms with Gasteiger partial charge in [-0.05, 0) is 37.6 Å². The summed E-state index contributed by atoms with van der Waals surface area (Å²) in [5.74, 6) is 0.391. The molecule has 5 N–H and O–H groups in total. The summed E-state index contributed by atoms with van der Waals surface area (Å²) in [6.07, 6.45) is -8.40. The third kappa shape index (κ3) is 8.63. The van der Waals surface area contributed by atoms with Gasteiger partial charge in [0.05, 0.1) is 25.1 Å². The van der Waals surface area contributed by atoms with E-state index in [0.29, 0.717) is 33.9 Å². The van der Waals surface area contributed by atoms with Crippen LogP contribution in [0.2, 0.25) is 0 Å². The second-order valence-electron chi connectivity index (χ2n) is 14.2. The molecule has 1 aromatic carbocycles. The third-order valence-corrected chi connectivity index (χ3v) is 10.3. The molecule has 0 radical (unpaired) electrons. The summed E-state index contributed by atoms with van der Waals surface area (Å²) >= 11 is 0. The lowest BCUT2D eigenvalue weighted by atomic mass is 9.99. The first kappa shape index (κ1) is 42.7. The van der Waals surface area contributed by atoms with Crippen LogP contribution in [-0.2, 0) is 42.7 Å². The Bertz CT molecular complexity index is 1830. The smallest absolute Gasteiger partial charge is 0.247 e. The van der Waals surface area contributed by atoms with Crippen LogP contribution in [0.25, 0.3) is 17.2 Å². The molecule has 0 aliphatic carbocycles. The molecule has 3 aliphatic rings. The monoisotopic (exact) mass is 804 g/mol. The Hall–Kier alpha value is -3.90. The summed E-state index contributed by atoms with van der Waals surface area (Å²) in [6.45, 7) is 2.95. The molecule has 57 heavy (non-hydrogen) atoms. The van der Waals surface area contributed by atoms with Crippen LogP contribution in [0.4, 0.5) is 5.82 Å². The molecule has 314 valence electrons. The first-order valence-corrected chi connectivity index (χ1v) is 18.3. The zero-order valence-electron chi connectivity index (χ0n) is 32.9. The first-order chi connectivity index (χ1) is 27.3. The van der Waals surface area contributed by atoms with Crippen molar-refractivity contribution >= 4 is 29.0 Å². The van der Waals surface area contributed by atoms with E-state index in [1.807, 2.05) is 14.1 Å². The molecule has 14 atom stereocenters. The largest absolute Gasteiger partial charge is 0.462 e. The zero-order valence-corrected chi connectivity index (χ0v) is 32.9. The van der Waals surface area contributed by atoms with Crippen molar-refractivity contribution in [1.82, 2.24) is 24.8 Å². The average molecular weight is 805 g/mol. The van der Waals surface area contributed by atoms with Gasteiger partial charge in [-0.15, -0.1) is 0 Å². The third-order valence-electron chi connectivity index (χ3n) is 10.3. The number of nitrogens with one attached hydrogen (secondary N) is 1. The Morgan fingerprint density at radius 3 is 2.26 bits per heavy atom. The van der Waals surface area contributed by atoms with Gasteiger partial charge in [-0.2, -0.15) is 0 Å². The molecule has 1 amide bonds. The number of fused-ring (bicyclic) bond motifs is 1. The molecular weight excluding hydrogens is 752 g/mol. The van der Waals surface area contributed by atoms with E-state index in [2.05, 4.69) is 20.3 Å². The Morgan fingerprint density at radius 2 is 1.63 bits per heavy atom. The molecule has 3 fully saturated rings. The first-order valence-electron chi connectivity index (χ1n) is 18.3. The number of anilines is 1. The van der Waals surface area contributed by atoms with Crippen molar-refractivity contribution in [2.45, 2.75) is 99.9 Å². The molecule has 20 heteroatoms. The molecule has 3 saturated heterocycles. The van der Waals surface area contributed by atoms with Crippen molar-refractivity contribution in [2.24, 2.45) is 0 Å². The number of hydrogen-bond donors (Lipinski definition) is 5. The van der Waals surface area contributed by atoms with E-state index in [1.165, 1.54) is 34.0 Å². The lowest BCUT2D eigenvalue weighted by Gasteiger charge is -2.44. The standard InChI is InChI=1S/C37H52N6O14/c1-17(33(48)41-22-21(14-44)55-34(24(22)45)43-16-40-23-31(42(3)4)38-15-39-32(23)43)13-19-9-11-20(12-10-19)54-35-26(47)25(46)28(56-35)36(52-8)57-37-30(51-7)29(50-6)27(49-5)18(2)53-37/h9-13,15-16,18,21-22,24-30,34-37,44-47H,14H2,1-8H3,(H,41,48). The highest BCUT2D eigenvalue weighted by Crippen LogP contribution is 2.34. The van der Waals surface area contributed by atoms with Gasteiger partial charge in [0, 0.05) is 48.1 Å². The van der Waals surface area contributed by atoms with Gasteiger partial charge in [-0.1, -0.05) is 12.1 Å².